The van der Waals surface area contributed by atoms with Crippen molar-refractivity contribution in [2.75, 3.05) is 26.2 Å². The van der Waals surface area contributed by atoms with E-state index in [0.29, 0.717) is 5.92 Å². The van der Waals surface area contributed by atoms with Crippen LogP contribution >= 0.6 is 11.3 Å². The molecule has 28 heavy (non-hydrogen) atoms. The number of piperazine rings is 1. The zero-order valence-corrected chi connectivity index (χ0v) is 16.9. The van der Waals surface area contributed by atoms with Gasteiger partial charge in [0.1, 0.15) is 5.01 Å². The molecule has 1 unspecified atom stereocenters. The van der Waals surface area contributed by atoms with Gasteiger partial charge < -0.3 is 4.52 Å². The molecule has 0 amide bonds. The van der Waals surface area contributed by atoms with Crippen LogP contribution in [0.2, 0.25) is 0 Å². The van der Waals surface area contributed by atoms with Crippen molar-refractivity contribution in [1.29, 1.82) is 0 Å². The van der Waals surface area contributed by atoms with Crippen LogP contribution in [0.15, 0.2) is 40.2 Å². The molecule has 1 aliphatic heterocycles. The van der Waals surface area contributed by atoms with Crippen molar-refractivity contribution >= 4 is 11.3 Å². The second-order valence-electron chi connectivity index (χ2n) is 7.76. The first-order valence-corrected chi connectivity index (χ1v) is 10.9. The Kier molecular flexibility index (Phi) is 4.96. The van der Waals surface area contributed by atoms with Crippen molar-refractivity contribution in [3.05, 3.63) is 53.1 Å². The van der Waals surface area contributed by atoms with Gasteiger partial charge in [0, 0.05) is 49.6 Å². The predicted octanol–water partition coefficient (Wildman–Crippen LogP) is 3.95. The minimum Gasteiger partial charge on any atom is -0.338 e. The van der Waals surface area contributed by atoms with Crippen LogP contribution in [-0.2, 0) is 6.54 Å². The molecule has 3 aromatic rings. The highest BCUT2D eigenvalue weighted by Crippen LogP contribution is 2.38. The third-order valence-corrected chi connectivity index (χ3v) is 6.61. The van der Waals surface area contributed by atoms with Gasteiger partial charge in [0.05, 0.1) is 11.7 Å². The van der Waals surface area contributed by atoms with Crippen molar-refractivity contribution in [2.24, 2.45) is 0 Å². The van der Waals surface area contributed by atoms with E-state index < -0.39 is 0 Å². The average Bonchev–Trinajstić information content (AvgIpc) is 3.28. The highest BCUT2D eigenvalue weighted by Gasteiger charge is 2.31. The van der Waals surface area contributed by atoms with Gasteiger partial charge in [0.25, 0.3) is 0 Å². The quantitative estimate of drug-likeness (QED) is 0.630. The molecule has 7 heteroatoms. The molecule has 2 fully saturated rings. The summed E-state index contributed by atoms with van der Waals surface area (Å²) >= 11 is 1.73. The van der Waals surface area contributed by atoms with Gasteiger partial charge in [0.15, 0.2) is 5.82 Å². The van der Waals surface area contributed by atoms with Gasteiger partial charge >= 0.3 is 0 Å². The number of hydrogen-bond acceptors (Lipinski definition) is 7. The molecule has 0 radical (unpaired) electrons. The number of rotatable bonds is 6. The molecular formula is C21H25N5OS. The van der Waals surface area contributed by atoms with Crippen molar-refractivity contribution in [1.82, 2.24) is 24.9 Å². The van der Waals surface area contributed by atoms with Gasteiger partial charge in [-0.05, 0) is 19.8 Å². The highest BCUT2D eigenvalue weighted by molar-refractivity contribution is 7.13. The number of benzene rings is 1. The standard InChI is InChI=1S/C21H25N5OS/c1-15(20-23-19(24-27-20)16-7-8-16)26-11-9-25(10-12-26)13-18-14-28-21(22-18)17-5-3-2-4-6-17/h2-6,14-16H,7-13H2,1H3. The lowest BCUT2D eigenvalue weighted by atomic mass is 10.2. The summed E-state index contributed by atoms with van der Waals surface area (Å²) in [6.07, 6.45) is 2.41. The minimum absolute atomic E-state index is 0.186. The van der Waals surface area contributed by atoms with E-state index in [-0.39, 0.29) is 6.04 Å². The van der Waals surface area contributed by atoms with Crippen LogP contribution in [0, 0.1) is 0 Å². The zero-order valence-electron chi connectivity index (χ0n) is 16.1. The SMILES string of the molecule is CC(c1nc(C2CC2)no1)N1CCN(Cc2csc(-c3ccccc3)n2)CC1. The van der Waals surface area contributed by atoms with Crippen LogP contribution in [0.4, 0.5) is 0 Å². The Labute approximate surface area is 169 Å². The Morgan fingerprint density at radius 1 is 1.11 bits per heavy atom. The molecule has 1 aromatic carbocycles. The summed E-state index contributed by atoms with van der Waals surface area (Å²) < 4.78 is 5.52. The third kappa shape index (κ3) is 3.87. The highest BCUT2D eigenvalue weighted by atomic mass is 32.1. The number of aromatic nitrogens is 3. The molecule has 6 nitrogen and oxygen atoms in total. The smallest absolute Gasteiger partial charge is 0.243 e. The van der Waals surface area contributed by atoms with E-state index in [9.17, 15) is 0 Å². The summed E-state index contributed by atoms with van der Waals surface area (Å²) in [4.78, 5) is 14.4. The topological polar surface area (TPSA) is 58.3 Å². The summed E-state index contributed by atoms with van der Waals surface area (Å²) in [5.41, 5.74) is 2.36. The molecule has 5 rings (SSSR count). The molecule has 0 spiro atoms. The second-order valence-corrected chi connectivity index (χ2v) is 8.62. The van der Waals surface area contributed by atoms with E-state index >= 15 is 0 Å². The van der Waals surface area contributed by atoms with E-state index in [1.54, 1.807) is 11.3 Å². The van der Waals surface area contributed by atoms with Crippen LogP contribution in [-0.4, -0.2) is 51.1 Å². The Bertz CT molecular complexity index is 912. The average molecular weight is 396 g/mol. The number of nitrogens with zero attached hydrogens (tertiary/aromatic N) is 5. The fourth-order valence-electron chi connectivity index (χ4n) is 3.71. The molecule has 1 saturated heterocycles. The van der Waals surface area contributed by atoms with Gasteiger partial charge in [-0.25, -0.2) is 4.98 Å². The maximum absolute atomic E-state index is 5.52. The molecule has 1 saturated carbocycles. The largest absolute Gasteiger partial charge is 0.338 e. The maximum Gasteiger partial charge on any atom is 0.243 e. The lowest BCUT2D eigenvalue weighted by Gasteiger charge is -2.36. The normalized spacial score (nSPS) is 19.8. The van der Waals surface area contributed by atoms with Gasteiger partial charge in [-0.2, -0.15) is 4.98 Å². The third-order valence-electron chi connectivity index (χ3n) is 5.67. The first kappa shape index (κ1) is 18.0. The Morgan fingerprint density at radius 3 is 2.64 bits per heavy atom. The van der Waals surface area contributed by atoms with Crippen LogP contribution in [0.1, 0.15) is 49.1 Å². The van der Waals surface area contributed by atoms with Crippen molar-refractivity contribution in [2.45, 2.75) is 38.3 Å². The summed E-state index contributed by atoms with van der Waals surface area (Å²) in [6, 6.07) is 10.6. The monoisotopic (exact) mass is 395 g/mol. The van der Waals surface area contributed by atoms with Gasteiger partial charge in [-0.1, -0.05) is 35.5 Å². The van der Waals surface area contributed by atoms with Crippen molar-refractivity contribution in [3.8, 4) is 10.6 Å². The number of thiazole rings is 1. The van der Waals surface area contributed by atoms with Gasteiger partial charge in [0.2, 0.25) is 5.89 Å². The fourth-order valence-corrected chi connectivity index (χ4v) is 4.53. The first-order valence-electron chi connectivity index (χ1n) is 10.1. The molecule has 2 aromatic heterocycles. The summed E-state index contributed by atoms with van der Waals surface area (Å²) in [6.45, 7) is 7.18. The van der Waals surface area contributed by atoms with E-state index in [1.807, 2.05) is 6.07 Å². The molecular weight excluding hydrogens is 370 g/mol. The van der Waals surface area contributed by atoms with Crippen molar-refractivity contribution < 1.29 is 4.52 Å². The molecule has 2 aliphatic rings. The van der Waals surface area contributed by atoms with E-state index in [4.69, 9.17) is 9.51 Å². The van der Waals surface area contributed by atoms with E-state index in [0.717, 1.165) is 55.1 Å². The summed E-state index contributed by atoms with van der Waals surface area (Å²) in [5.74, 6) is 2.21. The van der Waals surface area contributed by atoms with Gasteiger partial charge in [-0.15, -0.1) is 11.3 Å². The Hall–Kier alpha value is -2.09. The minimum atomic E-state index is 0.186. The van der Waals surface area contributed by atoms with Crippen LogP contribution in [0.5, 0.6) is 0 Å². The van der Waals surface area contributed by atoms with Gasteiger partial charge in [-0.3, -0.25) is 9.80 Å². The molecule has 3 heterocycles. The molecule has 146 valence electrons. The van der Waals surface area contributed by atoms with E-state index in [1.165, 1.54) is 18.4 Å². The predicted molar refractivity (Wildman–Crippen MR) is 109 cm³/mol. The lowest BCUT2D eigenvalue weighted by molar-refractivity contribution is 0.0840. The summed E-state index contributed by atoms with van der Waals surface area (Å²) in [7, 11) is 0. The Morgan fingerprint density at radius 2 is 1.89 bits per heavy atom. The molecule has 0 bridgehead atoms. The maximum atomic E-state index is 5.52. The fraction of sp³-hybridized carbons (Fsp3) is 0.476. The van der Waals surface area contributed by atoms with Crippen LogP contribution in [0.3, 0.4) is 0 Å². The lowest BCUT2D eigenvalue weighted by Crippen LogP contribution is -2.46. The van der Waals surface area contributed by atoms with Crippen molar-refractivity contribution in [3.63, 3.8) is 0 Å². The zero-order chi connectivity index (χ0) is 18.9. The van der Waals surface area contributed by atoms with E-state index in [2.05, 4.69) is 56.5 Å². The number of hydrogen-bond donors (Lipinski definition) is 0. The van der Waals surface area contributed by atoms with Crippen LogP contribution < -0.4 is 0 Å². The summed E-state index contributed by atoms with van der Waals surface area (Å²) in [5, 5.41) is 7.45. The second kappa shape index (κ2) is 7.73. The Balaban J connectivity index is 1.15. The molecule has 1 aliphatic carbocycles. The molecule has 1 atom stereocenters. The molecule has 0 N–H and O–H groups in total. The van der Waals surface area contributed by atoms with Crippen LogP contribution in [0.25, 0.3) is 10.6 Å². The first-order chi connectivity index (χ1) is 13.8.